The molecule has 3 rings (SSSR count). The molecular formula is C27H31N. The van der Waals surface area contributed by atoms with Crippen molar-refractivity contribution >= 4 is 0 Å². The van der Waals surface area contributed by atoms with Gasteiger partial charge in [-0.15, -0.1) is 6.58 Å². The molecule has 0 bridgehead atoms. The van der Waals surface area contributed by atoms with Crippen molar-refractivity contribution in [2.45, 2.75) is 31.7 Å². The quantitative estimate of drug-likeness (QED) is 0.316. The molecule has 0 heterocycles. The highest BCUT2D eigenvalue weighted by Gasteiger charge is 2.38. The lowest BCUT2D eigenvalue weighted by atomic mass is 9.65. The second-order valence-corrected chi connectivity index (χ2v) is 7.23. The summed E-state index contributed by atoms with van der Waals surface area (Å²) < 4.78 is 0. The van der Waals surface area contributed by atoms with Gasteiger partial charge in [0.2, 0.25) is 0 Å². The predicted molar refractivity (Wildman–Crippen MR) is 121 cm³/mol. The molecule has 0 aliphatic heterocycles. The molecule has 0 aliphatic rings. The Hall–Kier alpha value is -2.64. The number of nitrogens with zero attached hydrogens (tertiary/aromatic N) is 1. The van der Waals surface area contributed by atoms with E-state index in [1.165, 1.54) is 16.7 Å². The first kappa shape index (κ1) is 20.1. The van der Waals surface area contributed by atoms with E-state index in [1.54, 1.807) is 0 Å². The van der Waals surface area contributed by atoms with Crippen molar-refractivity contribution in [2.24, 2.45) is 0 Å². The Bertz CT molecular complexity index is 739. The number of likely N-dealkylation sites (N-methyl/N-ethyl adjacent to an activating group) is 1. The van der Waals surface area contributed by atoms with Crippen molar-refractivity contribution in [3.8, 4) is 0 Å². The van der Waals surface area contributed by atoms with Gasteiger partial charge in [-0.25, -0.2) is 0 Å². The van der Waals surface area contributed by atoms with Crippen LogP contribution >= 0.6 is 0 Å². The molecule has 3 aromatic rings. The van der Waals surface area contributed by atoms with Crippen molar-refractivity contribution in [1.29, 1.82) is 0 Å². The fraction of sp³-hybridized carbons (Fsp3) is 0.259. The lowest BCUT2D eigenvalue weighted by molar-refractivity contribution is 0.226. The van der Waals surface area contributed by atoms with Gasteiger partial charge in [0, 0.05) is 11.5 Å². The standard InChI is InChI=1S/C27H31N/c1-4-26(28(5-2)6-3)22-27(23-16-10-7-11-17-23,24-18-12-8-13-19-24)25-20-14-9-15-21-25/h4,7-21,26H,1,5-6,22H2,2-3H3. The van der Waals surface area contributed by atoms with Crippen LogP contribution in [0.15, 0.2) is 104 Å². The highest BCUT2D eigenvalue weighted by Crippen LogP contribution is 2.43. The summed E-state index contributed by atoms with van der Waals surface area (Å²) in [7, 11) is 0. The van der Waals surface area contributed by atoms with E-state index in [2.05, 4.69) is 122 Å². The van der Waals surface area contributed by atoms with E-state index in [9.17, 15) is 0 Å². The minimum Gasteiger partial charge on any atom is -0.297 e. The summed E-state index contributed by atoms with van der Waals surface area (Å²) in [5.74, 6) is 0. The summed E-state index contributed by atoms with van der Waals surface area (Å²) in [4.78, 5) is 2.50. The van der Waals surface area contributed by atoms with Crippen LogP contribution in [0, 0.1) is 0 Å². The second-order valence-electron chi connectivity index (χ2n) is 7.23. The molecule has 0 spiro atoms. The van der Waals surface area contributed by atoms with E-state index in [-0.39, 0.29) is 11.5 Å². The van der Waals surface area contributed by atoms with Gasteiger partial charge in [-0.2, -0.15) is 0 Å². The van der Waals surface area contributed by atoms with Crippen molar-refractivity contribution in [3.63, 3.8) is 0 Å². The van der Waals surface area contributed by atoms with Crippen LogP contribution in [0.3, 0.4) is 0 Å². The number of rotatable bonds is 9. The molecular weight excluding hydrogens is 338 g/mol. The van der Waals surface area contributed by atoms with Gasteiger partial charge in [0.25, 0.3) is 0 Å². The van der Waals surface area contributed by atoms with Gasteiger partial charge in [0.15, 0.2) is 0 Å². The SMILES string of the molecule is C=CC(CC(c1ccccc1)(c1ccccc1)c1ccccc1)N(CC)CC. The zero-order valence-electron chi connectivity index (χ0n) is 17.1. The molecule has 1 nitrogen and oxygen atoms in total. The van der Waals surface area contributed by atoms with Gasteiger partial charge in [-0.1, -0.05) is 111 Å². The summed E-state index contributed by atoms with van der Waals surface area (Å²) in [5, 5.41) is 0. The van der Waals surface area contributed by atoms with Crippen LogP contribution in [0.1, 0.15) is 37.0 Å². The number of benzene rings is 3. The zero-order chi connectivity index (χ0) is 19.8. The highest BCUT2D eigenvalue weighted by atomic mass is 15.1. The lowest BCUT2D eigenvalue weighted by Gasteiger charge is -2.41. The van der Waals surface area contributed by atoms with Crippen molar-refractivity contribution in [2.75, 3.05) is 13.1 Å². The van der Waals surface area contributed by atoms with E-state index in [4.69, 9.17) is 0 Å². The molecule has 3 aromatic carbocycles. The largest absolute Gasteiger partial charge is 0.297 e. The molecule has 0 radical (unpaired) electrons. The molecule has 0 aliphatic carbocycles. The first-order valence-corrected chi connectivity index (χ1v) is 10.3. The van der Waals surface area contributed by atoms with Gasteiger partial charge in [0.1, 0.15) is 0 Å². The Morgan fingerprint density at radius 3 is 1.36 bits per heavy atom. The Balaban J connectivity index is 2.26. The monoisotopic (exact) mass is 369 g/mol. The van der Waals surface area contributed by atoms with Gasteiger partial charge in [0.05, 0.1) is 0 Å². The minimum atomic E-state index is -0.231. The van der Waals surface area contributed by atoms with Gasteiger partial charge in [-0.3, -0.25) is 4.90 Å². The first-order chi connectivity index (χ1) is 13.8. The normalized spacial score (nSPS) is 12.7. The van der Waals surface area contributed by atoms with E-state index >= 15 is 0 Å². The van der Waals surface area contributed by atoms with Crippen LogP contribution in [0.4, 0.5) is 0 Å². The smallest absolute Gasteiger partial charge is 0.0469 e. The van der Waals surface area contributed by atoms with Gasteiger partial charge in [-0.05, 0) is 36.2 Å². The van der Waals surface area contributed by atoms with E-state index in [1.807, 2.05) is 0 Å². The molecule has 0 saturated heterocycles. The lowest BCUT2D eigenvalue weighted by Crippen LogP contribution is -2.41. The summed E-state index contributed by atoms with van der Waals surface area (Å²) in [6.45, 7) is 10.7. The molecule has 0 fully saturated rings. The maximum absolute atomic E-state index is 4.20. The Morgan fingerprint density at radius 2 is 1.07 bits per heavy atom. The van der Waals surface area contributed by atoms with Crippen molar-refractivity contribution < 1.29 is 0 Å². The van der Waals surface area contributed by atoms with E-state index < -0.39 is 0 Å². The molecule has 144 valence electrons. The molecule has 28 heavy (non-hydrogen) atoms. The molecule has 1 heteroatoms. The van der Waals surface area contributed by atoms with Crippen LogP contribution in [0.2, 0.25) is 0 Å². The highest BCUT2D eigenvalue weighted by molar-refractivity contribution is 5.50. The Morgan fingerprint density at radius 1 is 0.714 bits per heavy atom. The molecule has 0 saturated carbocycles. The average molecular weight is 370 g/mol. The fourth-order valence-electron chi connectivity index (χ4n) is 4.39. The Labute approximate surface area is 170 Å². The van der Waals surface area contributed by atoms with Crippen LogP contribution < -0.4 is 0 Å². The van der Waals surface area contributed by atoms with Crippen molar-refractivity contribution in [3.05, 3.63) is 120 Å². The summed E-state index contributed by atoms with van der Waals surface area (Å²) >= 11 is 0. The summed E-state index contributed by atoms with van der Waals surface area (Å²) in [6.07, 6.45) is 3.08. The van der Waals surface area contributed by atoms with Crippen LogP contribution in [-0.4, -0.2) is 24.0 Å². The number of hydrogen-bond acceptors (Lipinski definition) is 1. The summed E-state index contributed by atoms with van der Waals surface area (Å²) in [6, 6.07) is 33.1. The molecule has 0 amide bonds. The maximum Gasteiger partial charge on any atom is 0.0469 e. The third kappa shape index (κ3) is 3.95. The zero-order valence-corrected chi connectivity index (χ0v) is 17.1. The first-order valence-electron chi connectivity index (χ1n) is 10.3. The summed E-state index contributed by atoms with van der Waals surface area (Å²) in [5.41, 5.74) is 3.75. The third-order valence-corrected chi connectivity index (χ3v) is 5.87. The third-order valence-electron chi connectivity index (χ3n) is 5.87. The van der Waals surface area contributed by atoms with Crippen LogP contribution in [-0.2, 0) is 5.41 Å². The minimum absolute atomic E-state index is 0.231. The average Bonchev–Trinajstić information content (AvgIpc) is 2.78. The molecule has 0 N–H and O–H groups in total. The van der Waals surface area contributed by atoms with Gasteiger partial charge < -0.3 is 0 Å². The molecule has 1 atom stereocenters. The predicted octanol–water partition coefficient (Wildman–Crippen LogP) is 6.31. The molecule has 1 unspecified atom stereocenters. The Kier molecular flexibility index (Phi) is 6.84. The number of hydrogen-bond donors (Lipinski definition) is 0. The van der Waals surface area contributed by atoms with Crippen LogP contribution in [0.25, 0.3) is 0 Å². The maximum atomic E-state index is 4.20. The molecule has 0 aromatic heterocycles. The van der Waals surface area contributed by atoms with Crippen molar-refractivity contribution in [1.82, 2.24) is 4.90 Å². The topological polar surface area (TPSA) is 3.24 Å². The van der Waals surface area contributed by atoms with E-state index in [0.717, 1.165) is 19.5 Å². The van der Waals surface area contributed by atoms with Gasteiger partial charge >= 0.3 is 0 Å². The van der Waals surface area contributed by atoms with E-state index in [0.29, 0.717) is 0 Å². The second kappa shape index (κ2) is 9.52. The van der Waals surface area contributed by atoms with Crippen LogP contribution in [0.5, 0.6) is 0 Å². The fourth-order valence-corrected chi connectivity index (χ4v) is 4.39.